The number of aromatic nitrogens is 2. The van der Waals surface area contributed by atoms with Crippen molar-refractivity contribution in [1.82, 2.24) is 15.3 Å². The fraction of sp³-hybridized carbons (Fsp3) is 0.444. The molecule has 0 saturated carbocycles. The van der Waals surface area contributed by atoms with Crippen LogP contribution in [0.4, 0.5) is 0 Å². The molecule has 0 amide bonds. The van der Waals surface area contributed by atoms with Crippen molar-refractivity contribution in [3.63, 3.8) is 0 Å². The highest BCUT2D eigenvalue weighted by Gasteiger charge is 2.11. The third kappa shape index (κ3) is 14.5. The zero-order chi connectivity index (χ0) is 16.6. The summed E-state index contributed by atoms with van der Waals surface area (Å²) in [4.78, 5) is 7.74. The van der Waals surface area contributed by atoms with Crippen LogP contribution >= 0.6 is 0 Å². The van der Waals surface area contributed by atoms with E-state index in [9.17, 15) is 0 Å². The topological polar surface area (TPSA) is 37.8 Å². The number of hydrogen-bond acceptors (Lipinski definition) is 3. The van der Waals surface area contributed by atoms with Crippen molar-refractivity contribution in [3.05, 3.63) is 60.7 Å². The van der Waals surface area contributed by atoms with E-state index < -0.39 is 0 Å². The lowest BCUT2D eigenvalue weighted by atomic mass is 9.88. The van der Waals surface area contributed by atoms with Gasteiger partial charge in [-0.15, -0.1) is 0 Å². The van der Waals surface area contributed by atoms with Gasteiger partial charge in [0.1, 0.15) is 0 Å². The van der Waals surface area contributed by atoms with Gasteiger partial charge in [-0.3, -0.25) is 9.97 Å². The van der Waals surface area contributed by atoms with E-state index in [4.69, 9.17) is 0 Å². The van der Waals surface area contributed by atoms with Crippen molar-refractivity contribution in [2.75, 3.05) is 14.1 Å². The van der Waals surface area contributed by atoms with Gasteiger partial charge in [0.05, 0.1) is 0 Å². The summed E-state index contributed by atoms with van der Waals surface area (Å²) in [6.07, 6.45) is 7.17. The molecule has 0 radical (unpaired) electrons. The number of nitrogens with one attached hydrogen (secondary N) is 1. The fourth-order valence-corrected chi connectivity index (χ4v) is 1.16. The quantitative estimate of drug-likeness (QED) is 0.784. The lowest BCUT2D eigenvalue weighted by Crippen LogP contribution is -2.10. The van der Waals surface area contributed by atoms with Crippen LogP contribution in [0.15, 0.2) is 55.1 Å². The zero-order valence-electron chi connectivity index (χ0n) is 14.6. The van der Waals surface area contributed by atoms with Crippen molar-refractivity contribution in [2.45, 2.75) is 40.0 Å². The summed E-state index contributed by atoms with van der Waals surface area (Å²) in [6, 6.07) is 9.83. The predicted octanol–water partition coefficient (Wildman–Crippen LogP) is 4.32. The van der Waals surface area contributed by atoms with Gasteiger partial charge in [-0.25, -0.2) is 0 Å². The second-order valence-electron chi connectivity index (χ2n) is 5.01. The first-order valence-corrected chi connectivity index (χ1v) is 7.36. The van der Waals surface area contributed by atoms with E-state index in [0.29, 0.717) is 0 Å². The summed E-state index contributed by atoms with van der Waals surface area (Å²) in [7, 11) is 3.75. The molecule has 0 aromatic carbocycles. The minimum atomic E-state index is 0.253. The number of rotatable bonds is 0. The molecule has 118 valence electrons. The highest BCUT2D eigenvalue weighted by Crippen LogP contribution is 2.20. The van der Waals surface area contributed by atoms with Gasteiger partial charge in [0.2, 0.25) is 0 Å². The normalized spacial score (nSPS) is 8.90. The average molecular weight is 289 g/mol. The average Bonchev–Trinajstić information content (AvgIpc) is 2.52. The van der Waals surface area contributed by atoms with E-state index in [1.807, 2.05) is 58.5 Å². The molecule has 0 fully saturated rings. The molecule has 0 aliphatic rings. The summed E-state index contributed by atoms with van der Waals surface area (Å²) in [6.45, 7) is 10.6. The molecule has 0 atom stereocenters. The number of pyridine rings is 2. The Balaban J connectivity index is 0. The van der Waals surface area contributed by atoms with Crippen LogP contribution < -0.4 is 5.32 Å². The van der Waals surface area contributed by atoms with Gasteiger partial charge < -0.3 is 5.32 Å². The predicted molar refractivity (Wildman–Crippen MR) is 93.5 cm³/mol. The highest BCUT2D eigenvalue weighted by molar-refractivity contribution is 5.18. The molecule has 2 aromatic rings. The molecule has 0 bridgehead atoms. The molecule has 1 N–H and O–H groups in total. The van der Waals surface area contributed by atoms with Crippen molar-refractivity contribution >= 4 is 0 Å². The van der Waals surface area contributed by atoms with Gasteiger partial charge in [-0.05, 0) is 49.3 Å². The molecule has 2 rings (SSSR count). The Morgan fingerprint density at radius 3 is 1.33 bits per heavy atom. The van der Waals surface area contributed by atoms with Crippen LogP contribution in [0.25, 0.3) is 0 Å². The maximum absolute atomic E-state index is 3.96. The molecule has 3 heteroatoms. The van der Waals surface area contributed by atoms with Gasteiger partial charge >= 0.3 is 0 Å². The monoisotopic (exact) mass is 289 g/mol. The lowest BCUT2D eigenvalue weighted by molar-refractivity contribution is 0.589. The van der Waals surface area contributed by atoms with Crippen LogP contribution in [-0.2, 0) is 5.41 Å². The van der Waals surface area contributed by atoms with E-state index >= 15 is 0 Å². The SMILES string of the molecule is CC.CC(C)(C)c1ccncc1.CNC.c1ccncc1. The maximum Gasteiger partial charge on any atom is 0.0270 e. The van der Waals surface area contributed by atoms with Crippen molar-refractivity contribution in [3.8, 4) is 0 Å². The maximum atomic E-state index is 3.96. The van der Waals surface area contributed by atoms with E-state index in [-0.39, 0.29) is 5.41 Å². The molecule has 21 heavy (non-hydrogen) atoms. The van der Waals surface area contributed by atoms with Crippen LogP contribution in [0.2, 0.25) is 0 Å². The molecule has 2 heterocycles. The van der Waals surface area contributed by atoms with Gasteiger partial charge in [0, 0.05) is 24.8 Å². The molecule has 2 aromatic heterocycles. The number of hydrogen-bond donors (Lipinski definition) is 1. The van der Waals surface area contributed by atoms with Crippen molar-refractivity contribution < 1.29 is 0 Å². The first-order chi connectivity index (χ1) is 10.0. The smallest absolute Gasteiger partial charge is 0.0270 e. The molecule has 0 spiro atoms. The molecular weight excluding hydrogens is 258 g/mol. The van der Waals surface area contributed by atoms with Crippen molar-refractivity contribution in [2.24, 2.45) is 0 Å². The second kappa shape index (κ2) is 14.7. The Labute approximate surface area is 130 Å². The second-order valence-corrected chi connectivity index (χ2v) is 5.01. The van der Waals surface area contributed by atoms with Gasteiger partial charge in [-0.2, -0.15) is 0 Å². The Morgan fingerprint density at radius 1 is 0.762 bits per heavy atom. The van der Waals surface area contributed by atoms with E-state index in [1.165, 1.54) is 5.56 Å². The summed E-state index contributed by atoms with van der Waals surface area (Å²) in [5.41, 5.74) is 1.59. The van der Waals surface area contributed by atoms with Crippen LogP contribution in [0.3, 0.4) is 0 Å². The fourth-order valence-electron chi connectivity index (χ4n) is 1.16. The number of nitrogens with zero attached hydrogens (tertiary/aromatic N) is 2. The largest absolute Gasteiger partial charge is 0.323 e. The molecule has 0 aliphatic carbocycles. The Kier molecular flexibility index (Phi) is 15.1. The summed E-state index contributed by atoms with van der Waals surface area (Å²) < 4.78 is 0. The molecule has 3 nitrogen and oxygen atoms in total. The Morgan fingerprint density at radius 2 is 1.14 bits per heavy atom. The molecular formula is C18H31N3. The van der Waals surface area contributed by atoms with Crippen LogP contribution in [0.1, 0.15) is 40.2 Å². The van der Waals surface area contributed by atoms with E-state index in [1.54, 1.807) is 12.4 Å². The lowest BCUT2D eigenvalue weighted by Gasteiger charge is -2.17. The van der Waals surface area contributed by atoms with Crippen LogP contribution in [-0.4, -0.2) is 24.1 Å². The van der Waals surface area contributed by atoms with E-state index in [2.05, 4.69) is 48.2 Å². The Bertz CT molecular complexity index is 367. The third-order valence-corrected chi connectivity index (χ3v) is 2.11. The molecule has 0 saturated heterocycles. The van der Waals surface area contributed by atoms with Gasteiger partial charge in [0.25, 0.3) is 0 Å². The van der Waals surface area contributed by atoms with Gasteiger partial charge in [0.15, 0.2) is 0 Å². The standard InChI is InChI=1S/C9H13N.C5H5N.C2H7N.C2H6/c1-9(2,3)8-4-6-10-7-5-8;1-2-4-6-5-3-1;1-3-2;1-2/h4-7H,1-3H3;1-5H;3H,1-2H3;1-2H3. The minimum Gasteiger partial charge on any atom is -0.323 e. The minimum absolute atomic E-state index is 0.253. The highest BCUT2D eigenvalue weighted by atomic mass is 14.7. The first kappa shape index (κ1) is 21.6. The zero-order valence-corrected chi connectivity index (χ0v) is 14.6. The van der Waals surface area contributed by atoms with Gasteiger partial charge in [-0.1, -0.05) is 40.7 Å². The summed E-state index contributed by atoms with van der Waals surface area (Å²) in [5.74, 6) is 0. The molecule has 0 unspecified atom stereocenters. The Hall–Kier alpha value is -1.74. The first-order valence-electron chi connectivity index (χ1n) is 7.36. The van der Waals surface area contributed by atoms with Crippen molar-refractivity contribution in [1.29, 1.82) is 0 Å². The summed E-state index contributed by atoms with van der Waals surface area (Å²) in [5, 5.41) is 2.75. The molecule has 0 aliphatic heterocycles. The van der Waals surface area contributed by atoms with E-state index in [0.717, 1.165) is 0 Å². The third-order valence-electron chi connectivity index (χ3n) is 2.11. The van der Waals surface area contributed by atoms with Crippen LogP contribution in [0.5, 0.6) is 0 Å². The summed E-state index contributed by atoms with van der Waals surface area (Å²) >= 11 is 0. The van der Waals surface area contributed by atoms with Crippen LogP contribution in [0, 0.1) is 0 Å².